The van der Waals surface area contributed by atoms with E-state index in [1.54, 1.807) is 17.3 Å². The van der Waals surface area contributed by atoms with Gasteiger partial charge in [0.05, 0.1) is 5.92 Å². The Bertz CT molecular complexity index is 826. The number of hydrogen-bond acceptors (Lipinski definition) is 3. The van der Waals surface area contributed by atoms with Crippen LogP contribution >= 0.6 is 0 Å². The zero-order valence-electron chi connectivity index (χ0n) is 14.8. The number of aliphatic carboxylic acids is 1. The van der Waals surface area contributed by atoms with Gasteiger partial charge in [-0.05, 0) is 24.8 Å². The van der Waals surface area contributed by atoms with E-state index < -0.39 is 17.9 Å². The van der Waals surface area contributed by atoms with Gasteiger partial charge in [-0.25, -0.2) is 4.98 Å². The highest BCUT2D eigenvalue weighted by atomic mass is 16.4. The van der Waals surface area contributed by atoms with Crippen molar-refractivity contribution >= 4 is 11.9 Å². The summed E-state index contributed by atoms with van der Waals surface area (Å²) in [5, 5.41) is 9.76. The first kappa shape index (κ1) is 16.8. The number of carboxylic acids is 1. The molecule has 1 amide bonds. The number of hydrogen-bond donors (Lipinski definition) is 1. The summed E-state index contributed by atoms with van der Waals surface area (Å²) in [6.45, 7) is 0.553. The molecule has 136 valence electrons. The third kappa shape index (κ3) is 2.79. The zero-order valence-corrected chi connectivity index (χ0v) is 14.8. The molecule has 1 N–H and O–H groups in total. The van der Waals surface area contributed by atoms with Gasteiger partial charge in [-0.3, -0.25) is 9.59 Å². The maximum absolute atomic E-state index is 12.8. The number of carboxylic acid groups (broad SMARTS) is 1. The SMILES string of the molecule is Cn1ccnc1[C@@H]1[C@@H](C(=O)O)CCC(=O)N1CC1(c2ccccc2)CC1. The number of aromatic nitrogens is 2. The molecule has 1 aromatic carbocycles. The number of carbonyl (C=O) groups is 2. The number of benzene rings is 1. The molecule has 2 fully saturated rings. The van der Waals surface area contributed by atoms with Crippen LogP contribution in [-0.4, -0.2) is 38.0 Å². The van der Waals surface area contributed by atoms with Crippen molar-refractivity contribution in [2.45, 2.75) is 37.1 Å². The van der Waals surface area contributed by atoms with E-state index in [9.17, 15) is 14.7 Å². The molecular weight excluding hydrogens is 330 g/mol. The lowest BCUT2D eigenvalue weighted by Crippen LogP contribution is -2.49. The van der Waals surface area contributed by atoms with Gasteiger partial charge in [0, 0.05) is 37.8 Å². The highest BCUT2D eigenvalue weighted by Gasteiger charge is 2.51. The fourth-order valence-electron chi connectivity index (χ4n) is 4.19. The van der Waals surface area contributed by atoms with E-state index in [1.165, 1.54) is 5.56 Å². The van der Waals surface area contributed by atoms with E-state index in [0.717, 1.165) is 12.8 Å². The van der Waals surface area contributed by atoms with Gasteiger partial charge < -0.3 is 14.6 Å². The molecule has 1 aliphatic carbocycles. The Kier molecular flexibility index (Phi) is 4.05. The highest BCUT2D eigenvalue weighted by Crippen LogP contribution is 2.51. The molecule has 1 saturated heterocycles. The summed E-state index contributed by atoms with van der Waals surface area (Å²) in [7, 11) is 1.85. The number of aryl methyl sites for hydroxylation is 1. The molecule has 4 rings (SSSR count). The van der Waals surface area contributed by atoms with Crippen LogP contribution in [0.25, 0.3) is 0 Å². The van der Waals surface area contributed by atoms with Crippen LogP contribution in [0.2, 0.25) is 0 Å². The summed E-state index contributed by atoms with van der Waals surface area (Å²) < 4.78 is 1.83. The molecule has 2 atom stereocenters. The number of imidazole rings is 1. The van der Waals surface area contributed by atoms with E-state index in [2.05, 4.69) is 17.1 Å². The Hall–Kier alpha value is -2.63. The Morgan fingerprint density at radius 1 is 1.31 bits per heavy atom. The lowest BCUT2D eigenvalue weighted by molar-refractivity contribution is -0.152. The Labute approximate surface area is 152 Å². The molecule has 26 heavy (non-hydrogen) atoms. The second kappa shape index (κ2) is 6.27. The third-order valence-electron chi connectivity index (χ3n) is 5.86. The van der Waals surface area contributed by atoms with Crippen molar-refractivity contribution in [1.29, 1.82) is 0 Å². The molecule has 0 unspecified atom stereocenters. The van der Waals surface area contributed by atoms with Crippen molar-refractivity contribution < 1.29 is 14.7 Å². The minimum atomic E-state index is -0.861. The Morgan fingerprint density at radius 3 is 2.62 bits per heavy atom. The van der Waals surface area contributed by atoms with Crippen molar-refractivity contribution in [2.75, 3.05) is 6.54 Å². The predicted octanol–water partition coefficient (Wildman–Crippen LogP) is 2.52. The van der Waals surface area contributed by atoms with Crippen molar-refractivity contribution in [1.82, 2.24) is 14.5 Å². The monoisotopic (exact) mass is 353 g/mol. The normalized spacial score (nSPS) is 24.5. The van der Waals surface area contributed by atoms with Crippen molar-refractivity contribution in [2.24, 2.45) is 13.0 Å². The smallest absolute Gasteiger partial charge is 0.309 e. The lowest BCUT2D eigenvalue weighted by atomic mass is 9.85. The van der Waals surface area contributed by atoms with E-state index in [4.69, 9.17) is 0 Å². The van der Waals surface area contributed by atoms with Crippen LogP contribution in [0, 0.1) is 5.92 Å². The summed E-state index contributed by atoms with van der Waals surface area (Å²) in [5.74, 6) is -0.813. The lowest BCUT2D eigenvalue weighted by Gasteiger charge is -2.41. The van der Waals surface area contributed by atoms with Gasteiger partial charge >= 0.3 is 5.97 Å². The molecule has 2 aliphatic rings. The highest BCUT2D eigenvalue weighted by molar-refractivity contribution is 5.81. The molecule has 0 bridgehead atoms. The maximum atomic E-state index is 12.8. The van der Waals surface area contributed by atoms with Crippen LogP contribution in [0.15, 0.2) is 42.7 Å². The summed E-state index contributed by atoms with van der Waals surface area (Å²) in [6.07, 6.45) is 6.14. The van der Waals surface area contributed by atoms with Crippen molar-refractivity contribution in [3.8, 4) is 0 Å². The zero-order chi connectivity index (χ0) is 18.3. The summed E-state index contributed by atoms with van der Waals surface area (Å²) in [4.78, 5) is 30.9. The number of likely N-dealkylation sites (tertiary alicyclic amines) is 1. The second-order valence-electron chi connectivity index (χ2n) is 7.49. The van der Waals surface area contributed by atoms with Crippen LogP contribution in [-0.2, 0) is 22.1 Å². The molecule has 1 aliphatic heterocycles. The first-order valence-corrected chi connectivity index (χ1v) is 9.07. The minimum absolute atomic E-state index is 0.0257. The molecule has 6 heteroatoms. The van der Waals surface area contributed by atoms with Gasteiger partial charge in [0.1, 0.15) is 11.9 Å². The van der Waals surface area contributed by atoms with Crippen LogP contribution in [0.1, 0.15) is 43.1 Å². The predicted molar refractivity (Wildman–Crippen MR) is 95.4 cm³/mol. The van der Waals surface area contributed by atoms with Crippen LogP contribution < -0.4 is 0 Å². The van der Waals surface area contributed by atoms with Gasteiger partial charge in [0.15, 0.2) is 0 Å². The van der Waals surface area contributed by atoms with Gasteiger partial charge in [0.2, 0.25) is 5.91 Å². The molecule has 1 saturated carbocycles. The molecule has 2 aromatic rings. The summed E-state index contributed by atoms with van der Waals surface area (Å²) >= 11 is 0. The molecule has 2 heterocycles. The summed E-state index contributed by atoms with van der Waals surface area (Å²) in [5.41, 5.74) is 1.17. The van der Waals surface area contributed by atoms with Crippen molar-refractivity contribution in [3.63, 3.8) is 0 Å². The quantitative estimate of drug-likeness (QED) is 0.896. The number of carbonyl (C=O) groups excluding carboxylic acids is 1. The molecule has 6 nitrogen and oxygen atoms in total. The molecule has 0 radical (unpaired) electrons. The van der Waals surface area contributed by atoms with Crippen LogP contribution in [0.3, 0.4) is 0 Å². The minimum Gasteiger partial charge on any atom is -0.481 e. The van der Waals surface area contributed by atoms with E-state index in [-0.39, 0.29) is 17.7 Å². The van der Waals surface area contributed by atoms with Crippen LogP contribution in [0.5, 0.6) is 0 Å². The molecule has 0 spiro atoms. The van der Waals surface area contributed by atoms with Gasteiger partial charge in [-0.2, -0.15) is 0 Å². The largest absolute Gasteiger partial charge is 0.481 e. The van der Waals surface area contributed by atoms with E-state index in [0.29, 0.717) is 18.8 Å². The average molecular weight is 353 g/mol. The van der Waals surface area contributed by atoms with Gasteiger partial charge in [-0.15, -0.1) is 0 Å². The molecule has 1 aromatic heterocycles. The van der Waals surface area contributed by atoms with Gasteiger partial charge in [-0.1, -0.05) is 30.3 Å². The number of rotatable bonds is 5. The molecular formula is C20H23N3O3. The fraction of sp³-hybridized carbons (Fsp3) is 0.450. The third-order valence-corrected chi connectivity index (χ3v) is 5.86. The Morgan fingerprint density at radius 2 is 2.04 bits per heavy atom. The first-order valence-electron chi connectivity index (χ1n) is 9.07. The second-order valence-corrected chi connectivity index (χ2v) is 7.49. The summed E-state index contributed by atoms with van der Waals surface area (Å²) in [6, 6.07) is 9.71. The van der Waals surface area contributed by atoms with E-state index in [1.807, 2.05) is 29.8 Å². The average Bonchev–Trinajstić information content (AvgIpc) is 3.30. The standard InChI is InChI=1S/C20H23N3O3/c1-22-12-11-21-18(22)17-15(19(25)26)7-8-16(24)23(17)13-20(9-10-20)14-5-3-2-4-6-14/h2-6,11-12,15,17H,7-10,13H2,1H3,(H,25,26)/t15-,17-/m0/s1. The van der Waals surface area contributed by atoms with E-state index >= 15 is 0 Å². The van der Waals surface area contributed by atoms with Crippen LogP contribution in [0.4, 0.5) is 0 Å². The maximum Gasteiger partial charge on any atom is 0.309 e. The number of nitrogens with zero attached hydrogens (tertiary/aromatic N) is 3. The van der Waals surface area contributed by atoms with Gasteiger partial charge in [0.25, 0.3) is 0 Å². The van der Waals surface area contributed by atoms with Crippen molar-refractivity contribution in [3.05, 3.63) is 54.1 Å². The Balaban J connectivity index is 1.71. The number of piperidine rings is 1. The number of amides is 1. The topological polar surface area (TPSA) is 75.4 Å². The fourth-order valence-corrected chi connectivity index (χ4v) is 4.19. The first-order chi connectivity index (χ1) is 12.5.